The summed E-state index contributed by atoms with van der Waals surface area (Å²) in [4.78, 5) is 23.3. The summed E-state index contributed by atoms with van der Waals surface area (Å²) >= 11 is 0. The van der Waals surface area contributed by atoms with E-state index in [1.54, 1.807) is 6.08 Å². The molecular weight excluding hydrogens is 312 g/mol. The lowest BCUT2D eigenvalue weighted by atomic mass is 10.0. The summed E-state index contributed by atoms with van der Waals surface area (Å²) < 4.78 is 10.3. The number of aliphatic hydroxyl groups excluding tert-OH is 2. The highest BCUT2D eigenvalue weighted by atomic mass is 16.7. The lowest BCUT2D eigenvalue weighted by Crippen LogP contribution is -2.27. The molecule has 0 aromatic carbocycles. The van der Waals surface area contributed by atoms with E-state index in [0.717, 1.165) is 6.42 Å². The Bertz CT molecular complexity index is 369. The molecule has 6 nitrogen and oxygen atoms in total. The van der Waals surface area contributed by atoms with Crippen molar-refractivity contribution in [1.29, 1.82) is 0 Å². The van der Waals surface area contributed by atoms with E-state index < -0.39 is 30.4 Å². The van der Waals surface area contributed by atoms with Crippen molar-refractivity contribution in [3.05, 3.63) is 12.7 Å². The number of aliphatic hydroxyl groups is 2. The number of ether oxygens (including phenoxy) is 2. The molecular formula is C18H32O6. The predicted octanol–water partition coefficient (Wildman–Crippen LogP) is 2.86. The quantitative estimate of drug-likeness (QED) is 0.286. The molecule has 24 heavy (non-hydrogen) atoms. The van der Waals surface area contributed by atoms with E-state index in [0.29, 0.717) is 19.3 Å². The molecule has 0 rings (SSSR count). The summed E-state index contributed by atoms with van der Waals surface area (Å²) in [5.74, 6) is -0.899. The number of hydrogen-bond acceptors (Lipinski definition) is 6. The molecule has 0 bridgehead atoms. The second-order valence-corrected chi connectivity index (χ2v) is 5.90. The third-order valence-corrected chi connectivity index (χ3v) is 3.43. The molecule has 3 unspecified atom stereocenters. The molecule has 140 valence electrons. The molecule has 0 saturated heterocycles. The zero-order valence-electron chi connectivity index (χ0n) is 14.9. The number of allylic oxidation sites excluding steroid dienone is 1. The second-order valence-electron chi connectivity index (χ2n) is 5.90. The van der Waals surface area contributed by atoms with Gasteiger partial charge in [0.25, 0.3) is 0 Å². The summed E-state index contributed by atoms with van der Waals surface area (Å²) in [6, 6.07) is 0. The van der Waals surface area contributed by atoms with Crippen molar-refractivity contribution in [2.45, 2.75) is 90.1 Å². The average molecular weight is 344 g/mol. The molecule has 0 radical (unpaired) electrons. The van der Waals surface area contributed by atoms with Crippen LogP contribution in [0.5, 0.6) is 0 Å². The minimum atomic E-state index is -1.00. The van der Waals surface area contributed by atoms with E-state index in [4.69, 9.17) is 9.47 Å². The molecule has 0 amide bonds. The van der Waals surface area contributed by atoms with Gasteiger partial charge in [-0.3, -0.25) is 9.59 Å². The molecule has 0 fully saturated rings. The highest BCUT2D eigenvalue weighted by molar-refractivity contribution is 5.71. The largest absolute Gasteiger partial charge is 0.425 e. The smallest absolute Gasteiger partial charge is 0.309 e. The molecule has 3 atom stereocenters. The molecule has 0 heterocycles. The Morgan fingerprint density at radius 2 is 1.54 bits per heavy atom. The van der Waals surface area contributed by atoms with Crippen molar-refractivity contribution in [3.8, 4) is 0 Å². The van der Waals surface area contributed by atoms with Crippen LogP contribution in [0, 0.1) is 0 Å². The van der Waals surface area contributed by atoms with Gasteiger partial charge in [-0.05, 0) is 32.1 Å². The number of carbonyl (C=O) groups excluding carboxylic acids is 2. The Morgan fingerprint density at radius 1 is 0.958 bits per heavy atom. The summed E-state index contributed by atoms with van der Waals surface area (Å²) in [6.07, 6.45) is 3.07. The SMILES string of the molecule is C=CCCC(=O)OC(CCC(O)CC(O)CCC)OC(=O)CCC. The van der Waals surface area contributed by atoms with Gasteiger partial charge in [0.15, 0.2) is 0 Å². The van der Waals surface area contributed by atoms with Gasteiger partial charge in [0.2, 0.25) is 6.29 Å². The van der Waals surface area contributed by atoms with E-state index in [-0.39, 0.29) is 32.1 Å². The highest BCUT2D eigenvalue weighted by Crippen LogP contribution is 2.14. The van der Waals surface area contributed by atoms with Crippen molar-refractivity contribution in [2.75, 3.05) is 0 Å². The molecule has 0 aliphatic rings. The van der Waals surface area contributed by atoms with Gasteiger partial charge in [0.1, 0.15) is 0 Å². The Labute approximate surface area is 144 Å². The standard InChI is InChI=1S/C18H32O6/c1-4-7-10-17(22)24-18(23-16(21)9-6-3)12-11-15(20)13-14(19)8-5-2/h4,14-15,18-20H,1,5-13H2,2-3H3. The highest BCUT2D eigenvalue weighted by Gasteiger charge is 2.21. The van der Waals surface area contributed by atoms with Gasteiger partial charge in [-0.25, -0.2) is 0 Å². The Morgan fingerprint density at radius 3 is 2.08 bits per heavy atom. The van der Waals surface area contributed by atoms with Crippen LogP contribution in [0.1, 0.15) is 71.6 Å². The molecule has 0 saturated carbocycles. The first kappa shape index (κ1) is 22.6. The predicted molar refractivity (Wildman–Crippen MR) is 91.1 cm³/mol. The van der Waals surface area contributed by atoms with Crippen LogP contribution >= 0.6 is 0 Å². The summed E-state index contributed by atoms with van der Waals surface area (Å²) in [5, 5.41) is 19.7. The molecule has 0 aliphatic heterocycles. The first-order valence-electron chi connectivity index (χ1n) is 8.78. The minimum Gasteiger partial charge on any atom is -0.425 e. The third-order valence-electron chi connectivity index (χ3n) is 3.43. The average Bonchev–Trinajstić information content (AvgIpc) is 2.51. The summed E-state index contributed by atoms with van der Waals surface area (Å²) in [5.41, 5.74) is 0. The second kappa shape index (κ2) is 14.0. The van der Waals surface area contributed by atoms with Crippen LogP contribution in [0.2, 0.25) is 0 Å². The molecule has 0 aromatic rings. The zero-order valence-corrected chi connectivity index (χ0v) is 14.9. The van der Waals surface area contributed by atoms with E-state index in [1.807, 2.05) is 13.8 Å². The van der Waals surface area contributed by atoms with Crippen molar-refractivity contribution in [3.63, 3.8) is 0 Å². The van der Waals surface area contributed by atoms with E-state index >= 15 is 0 Å². The number of hydrogen-bond donors (Lipinski definition) is 2. The lowest BCUT2D eigenvalue weighted by Gasteiger charge is -2.20. The monoisotopic (exact) mass is 344 g/mol. The van der Waals surface area contributed by atoms with Gasteiger partial charge in [-0.1, -0.05) is 26.3 Å². The number of rotatable bonds is 14. The van der Waals surface area contributed by atoms with Crippen LogP contribution in [0.15, 0.2) is 12.7 Å². The molecule has 0 spiro atoms. The van der Waals surface area contributed by atoms with Crippen molar-refractivity contribution < 1.29 is 29.3 Å². The van der Waals surface area contributed by atoms with Crippen LogP contribution in [0.25, 0.3) is 0 Å². The first-order valence-corrected chi connectivity index (χ1v) is 8.78. The maximum absolute atomic E-state index is 11.7. The van der Waals surface area contributed by atoms with E-state index in [9.17, 15) is 19.8 Å². The van der Waals surface area contributed by atoms with Crippen LogP contribution < -0.4 is 0 Å². The first-order chi connectivity index (χ1) is 11.4. The lowest BCUT2D eigenvalue weighted by molar-refractivity contribution is -0.190. The van der Waals surface area contributed by atoms with Crippen LogP contribution in [-0.2, 0) is 19.1 Å². The minimum absolute atomic E-state index is 0.170. The maximum atomic E-state index is 11.7. The van der Waals surface area contributed by atoms with E-state index in [1.165, 1.54) is 0 Å². The van der Waals surface area contributed by atoms with Gasteiger partial charge < -0.3 is 19.7 Å². The Balaban J connectivity index is 4.43. The summed E-state index contributed by atoms with van der Waals surface area (Å²) in [7, 11) is 0. The van der Waals surface area contributed by atoms with Gasteiger partial charge in [-0.15, -0.1) is 6.58 Å². The van der Waals surface area contributed by atoms with Crippen molar-refractivity contribution in [2.24, 2.45) is 0 Å². The number of carbonyl (C=O) groups is 2. The maximum Gasteiger partial charge on any atom is 0.309 e. The van der Waals surface area contributed by atoms with E-state index in [2.05, 4.69) is 6.58 Å². The fourth-order valence-electron chi connectivity index (χ4n) is 2.19. The molecule has 0 aromatic heterocycles. The third kappa shape index (κ3) is 12.1. The Kier molecular flexibility index (Phi) is 13.2. The van der Waals surface area contributed by atoms with Crippen molar-refractivity contribution in [1.82, 2.24) is 0 Å². The van der Waals surface area contributed by atoms with Crippen LogP contribution in [-0.4, -0.2) is 40.6 Å². The van der Waals surface area contributed by atoms with Crippen LogP contribution in [0.3, 0.4) is 0 Å². The molecule has 2 N–H and O–H groups in total. The fraction of sp³-hybridized carbons (Fsp3) is 0.778. The van der Waals surface area contributed by atoms with Crippen LogP contribution in [0.4, 0.5) is 0 Å². The van der Waals surface area contributed by atoms with Gasteiger partial charge in [-0.2, -0.15) is 0 Å². The van der Waals surface area contributed by atoms with Gasteiger partial charge >= 0.3 is 11.9 Å². The Hall–Kier alpha value is -1.40. The molecule has 6 heteroatoms. The normalized spacial score (nSPS) is 14.5. The van der Waals surface area contributed by atoms with Crippen molar-refractivity contribution >= 4 is 11.9 Å². The fourth-order valence-corrected chi connectivity index (χ4v) is 2.19. The number of esters is 2. The van der Waals surface area contributed by atoms with Gasteiger partial charge in [0, 0.05) is 19.3 Å². The summed E-state index contributed by atoms with van der Waals surface area (Å²) in [6.45, 7) is 7.35. The van der Waals surface area contributed by atoms with Gasteiger partial charge in [0.05, 0.1) is 12.2 Å². The topological polar surface area (TPSA) is 93.1 Å². The zero-order chi connectivity index (χ0) is 18.4. The molecule has 0 aliphatic carbocycles.